The first-order valence-corrected chi connectivity index (χ1v) is 10.7. The van der Waals surface area contributed by atoms with Crippen LogP contribution in [0.15, 0.2) is 0 Å². The Kier molecular flexibility index (Phi) is 5.88. The third-order valence-electron chi connectivity index (χ3n) is 8.29. The molecule has 0 aromatic carbocycles. The lowest BCUT2D eigenvalue weighted by atomic mass is 9.51. The number of carbonyl (C=O) groups is 2. The summed E-state index contributed by atoms with van der Waals surface area (Å²) < 4.78 is 0. The molecule has 4 atom stereocenters. The highest BCUT2D eigenvalue weighted by molar-refractivity contribution is 5.84. The fourth-order valence-corrected chi connectivity index (χ4v) is 5.17. The van der Waals surface area contributed by atoms with E-state index >= 15 is 0 Å². The minimum Gasteiger partial charge on any atom is -0.381 e. The van der Waals surface area contributed by atoms with E-state index in [0.29, 0.717) is 23.7 Å². The highest BCUT2D eigenvalue weighted by Crippen LogP contribution is 2.58. The molecule has 6 heteroatoms. The summed E-state index contributed by atoms with van der Waals surface area (Å²) in [6.07, 6.45) is 7.30. The monoisotopic (exact) mass is 379 g/mol. The van der Waals surface area contributed by atoms with Gasteiger partial charge in [-0.1, -0.05) is 46.5 Å². The molecule has 0 radical (unpaired) electrons. The zero-order valence-electron chi connectivity index (χ0n) is 17.1. The molecule has 1 saturated heterocycles. The van der Waals surface area contributed by atoms with Crippen molar-refractivity contribution in [3.63, 3.8) is 0 Å². The average Bonchev–Trinajstić information content (AvgIpc) is 3.04. The van der Waals surface area contributed by atoms with Gasteiger partial charge in [0.1, 0.15) is 0 Å². The summed E-state index contributed by atoms with van der Waals surface area (Å²) in [4.78, 5) is 24.3. The molecule has 3 fully saturated rings. The molecule has 0 bridgehead atoms. The van der Waals surface area contributed by atoms with E-state index in [-0.39, 0.29) is 17.4 Å². The second-order valence-corrected chi connectivity index (χ2v) is 10.0. The van der Waals surface area contributed by atoms with E-state index in [4.69, 9.17) is 5.73 Å². The van der Waals surface area contributed by atoms with E-state index < -0.39 is 18.1 Å². The molecule has 2 aliphatic carbocycles. The SMILES string of the molecule is CC1(C(C)(C)C2CN[C@H](C(=O)NC(CC3CCC3)C(O)C(N)=O)C2)CCC1. The van der Waals surface area contributed by atoms with Crippen molar-refractivity contribution in [1.82, 2.24) is 10.6 Å². The van der Waals surface area contributed by atoms with Gasteiger partial charge in [0.2, 0.25) is 11.8 Å². The van der Waals surface area contributed by atoms with E-state index in [2.05, 4.69) is 31.4 Å². The first-order chi connectivity index (χ1) is 12.6. The zero-order chi connectivity index (χ0) is 19.8. The first kappa shape index (κ1) is 20.6. The van der Waals surface area contributed by atoms with Crippen LogP contribution in [0.5, 0.6) is 0 Å². The summed E-state index contributed by atoms with van der Waals surface area (Å²) in [5.41, 5.74) is 5.84. The molecule has 2 saturated carbocycles. The quantitative estimate of drug-likeness (QED) is 0.515. The minimum absolute atomic E-state index is 0.114. The molecule has 0 spiro atoms. The molecule has 3 aliphatic rings. The number of aliphatic hydroxyl groups excluding tert-OH is 1. The van der Waals surface area contributed by atoms with Crippen molar-refractivity contribution in [1.29, 1.82) is 0 Å². The molecule has 6 nitrogen and oxygen atoms in total. The van der Waals surface area contributed by atoms with E-state index in [9.17, 15) is 14.7 Å². The number of nitrogens with two attached hydrogens (primary N) is 1. The lowest BCUT2D eigenvalue weighted by Gasteiger charge is -2.54. The summed E-state index contributed by atoms with van der Waals surface area (Å²) >= 11 is 0. The van der Waals surface area contributed by atoms with Crippen LogP contribution in [0.2, 0.25) is 0 Å². The molecule has 3 rings (SSSR count). The minimum atomic E-state index is -1.32. The molecule has 1 aliphatic heterocycles. The fraction of sp³-hybridized carbons (Fsp3) is 0.905. The summed E-state index contributed by atoms with van der Waals surface area (Å²) in [7, 11) is 0. The molecule has 0 aromatic heterocycles. The highest BCUT2D eigenvalue weighted by Gasteiger charge is 2.51. The van der Waals surface area contributed by atoms with Gasteiger partial charge in [0.15, 0.2) is 6.10 Å². The van der Waals surface area contributed by atoms with Crippen LogP contribution in [0.25, 0.3) is 0 Å². The number of hydrogen-bond donors (Lipinski definition) is 4. The second-order valence-electron chi connectivity index (χ2n) is 10.0. The molecular formula is C21H37N3O3. The summed E-state index contributed by atoms with van der Waals surface area (Å²) in [5, 5.41) is 16.5. The molecule has 0 aromatic rings. The van der Waals surface area contributed by atoms with Crippen LogP contribution in [0.4, 0.5) is 0 Å². The smallest absolute Gasteiger partial charge is 0.248 e. The number of hydrogen-bond acceptors (Lipinski definition) is 4. The van der Waals surface area contributed by atoms with Crippen molar-refractivity contribution in [2.45, 2.75) is 90.3 Å². The van der Waals surface area contributed by atoms with Gasteiger partial charge in [0.25, 0.3) is 0 Å². The Morgan fingerprint density at radius 1 is 1.30 bits per heavy atom. The summed E-state index contributed by atoms with van der Waals surface area (Å²) in [6, 6.07) is -0.847. The molecule has 3 unspecified atom stereocenters. The van der Waals surface area contributed by atoms with E-state index in [1.54, 1.807) is 0 Å². The standard InChI is InChI=1S/C21H37N3O3/c1-20(2,21(3)8-5-9-21)14-11-16(23-12-14)19(27)24-15(17(25)18(22)26)10-13-6-4-7-13/h13-17,23,25H,4-12H2,1-3H3,(H2,22,26)(H,24,27)/t14?,15?,16-,17?/m0/s1. The van der Waals surface area contributed by atoms with Crippen LogP contribution < -0.4 is 16.4 Å². The van der Waals surface area contributed by atoms with Crippen LogP contribution in [0.1, 0.15) is 72.1 Å². The number of amides is 2. The predicted octanol–water partition coefficient (Wildman–Crippen LogP) is 1.70. The van der Waals surface area contributed by atoms with Gasteiger partial charge in [0.05, 0.1) is 12.1 Å². The summed E-state index contributed by atoms with van der Waals surface area (Å²) in [6.45, 7) is 7.90. The van der Waals surface area contributed by atoms with Gasteiger partial charge in [-0.2, -0.15) is 0 Å². The Morgan fingerprint density at radius 2 is 1.96 bits per heavy atom. The van der Waals surface area contributed by atoms with Crippen molar-refractivity contribution < 1.29 is 14.7 Å². The van der Waals surface area contributed by atoms with E-state index in [0.717, 1.165) is 25.8 Å². The van der Waals surface area contributed by atoms with Gasteiger partial charge < -0.3 is 21.5 Å². The van der Waals surface area contributed by atoms with Crippen molar-refractivity contribution in [2.75, 3.05) is 6.54 Å². The maximum Gasteiger partial charge on any atom is 0.248 e. The number of carbonyl (C=O) groups excluding carboxylic acids is 2. The van der Waals surface area contributed by atoms with Crippen LogP contribution in [-0.4, -0.2) is 41.7 Å². The van der Waals surface area contributed by atoms with Crippen LogP contribution in [0.3, 0.4) is 0 Å². The Hall–Kier alpha value is -1.14. The third kappa shape index (κ3) is 4.02. The van der Waals surface area contributed by atoms with Crippen LogP contribution in [-0.2, 0) is 9.59 Å². The Balaban J connectivity index is 1.58. The third-order valence-corrected chi connectivity index (χ3v) is 8.29. The number of nitrogens with one attached hydrogen (secondary N) is 2. The molecule has 1 heterocycles. The number of aliphatic hydroxyl groups is 1. The van der Waals surface area contributed by atoms with Crippen LogP contribution >= 0.6 is 0 Å². The van der Waals surface area contributed by atoms with E-state index in [1.807, 2.05) is 0 Å². The first-order valence-electron chi connectivity index (χ1n) is 10.7. The lowest BCUT2D eigenvalue weighted by molar-refractivity contribution is -0.130. The van der Waals surface area contributed by atoms with Gasteiger partial charge in [-0.15, -0.1) is 0 Å². The van der Waals surface area contributed by atoms with Crippen molar-refractivity contribution in [3.8, 4) is 0 Å². The largest absolute Gasteiger partial charge is 0.381 e. The highest BCUT2D eigenvalue weighted by atomic mass is 16.3. The molecule has 27 heavy (non-hydrogen) atoms. The topological polar surface area (TPSA) is 104 Å². The van der Waals surface area contributed by atoms with Gasteiger partial charge >= 0.3 is 0 Å². The van der Waals surface area contributed by atoms with Crippen molar-refractivity contribution in [3.05, 3.63) is 0 Å². The predicted molar refractivity (Wildman–Crippen MR) is 105 cm³/mol. The van der Waals surface area contributed by atoms with Gasteiger partial charge in [-0.25, -0.2) is 0 Å². The maximum atomic E-state index is 12.8. The Morgan fingerprint density at radius 3 is 2.44 bits per heavy atom. The van der Waals surface area contributed by atoms with Gasteiger partial charge in [-0.05, 0) is 54.9 Å². The normalized spacial score (nSPS) is 30.1. The van der Waals surface area contributed by atoms with Crippen LogP contribution in [0, 0.1) is 22.7 Å². The summed E-state index contributed by atoms with van der Waals surface area (Å²) in [5.74, 6) is 0.0309. The van der Waals surface area contributed by atoms with Gasteiger partial charge in [-0.3, -0.25) is 9.59 Å². The Bertz CT molecular complexity index is 569. The average molecular weight is 380 g/mol. The number of rotatable bonds is 8. The second kappa shape index (κ2) is 7.70. The number of primary amides is 1. The molecular weight excluding hydrogens is 342 g/mol. The molecule has 5 N–H and O–H groups in total. The molecule has 2 amide bonds. The Labute approximate surface area is 163 Å². The fourth-order valence-electron chi connectivity index (χ4n) is 5.17. The van der Waals surface area contributed by atoms with E-state index in [1.165, 1.54) is 25.7 Å². The lowest BCUT2D eigenvalue weighted by Crippen LogP contribution is -2.54. The van der Waals surface area contributed by atoms with Crippen molar-refractivity contribution in [2.24, 2.45) is 28.4 Å². The van der Waals surface area contributed by atoms with Gasteiger partial charge in [0, 0.05) is 0 Å². The zero-order valence-corrected chi connectivity index (χ0v) is 17.1. The molecule has 154 valence electrons. The maximum absolute atomic E-state index is 12.8. The van der Waals surface area contributed by atoms with Crippen molar-refractivity contribution >= 4 is 11.8 Å².